The molecule has 0 saturated carbocycles. The van der Waals surface area contributed by atoms with Gasteiger partial charge in [0.25, 0.3) is 0 Å². The van der Waals surface area contributed by atoms with E-state index < -0.39 is 5.82 Å². The maximum Gasteiger partial charge on any atom is 0.224 e. The summed E-state index contributed by atoms with van der Waals surface area (Å²) < 4.78 is 28.4. The lowest BCUT2D eigenvalue weighted by molar-refractivity contribution is 0.280. The topological polar surface area (TPSA) is 96.7 Å². The third-order valence-corrected chi connectivity index (χ3v) is 4.45. The van der Waals surface area contributed by atoms with Crippen LogP contribution < -0.4 is 4.74 Å². The highest BCUT2D eigenvalue weighted by Gasteiger charge is 2.18. The molecule has 29 heavy (non-hydrogen) atoms. The smallest absolute Gasteiger partial charge is 0.224 e. The van der Waals surface area contributed by atoms with Crippen molar-refractivity contribution in [1.29, 1.82) is 0 Å². The lowest BCUT2D eigenvalue weighted by atomic mass is 10.1. The van der Waals surface area contributed by atoms with Crippen LogP contribution in [-0.4, -0.2) is 34.7 Å². The largest absolute Gasteiger partial charge is 0.472 e. The molecule has 0 aliphatic carbocycles. The fourth-order valence-corrected chi connectivity index (χ4v) is 2.95. The highest BCUT2D eigenvalue weighted by molar-refractivity contribution is 5.82. The molecule has 0 radical (unpaired) electrons. The Labute approximate surface area is 163 Å². The van der Waals surface area contributed by atoms with Gasteiger partial charge in [-0.25, -0.2) is 9.37 Å². The minimum Gasteiger partial charge on any atom is -0.472 e. The van der Waals surface area contributed by atoms with Crippen LogP contribution in [-0.2, 0) is 13.7 Å². The van der Waals surface area contributed by atoms with Gasteiger partial charge in [-0.3, -0.25) is 4.68 Å². The summed E-state index contributed by atoms with van der Waals surface area (Å²) in [5.74, 6) is 0.522. The number of aryl methyl sites for hydroxylation is 1. The molecule has 9 nitrogen and oxygen atoms in total. The summed E-state index contributed by atoms with van der Waals surface area (Å²) >= 11 is 0. The van der Waals surface area contributed by atoms with Crippen LogP contribution in [0.15, 0.2) is 59.7 Å². The van der Waals surface area contributed by atoms with Crippen LogP contribution in [0.5, 0.6) is 5.88 Å². The molecular weight excluding hydrogens is 377 g/mol. The summed E-state index contributed by atoms with van der Waals surface area (Å²) in [4.78, 5) is 8.74. The van der Waals surface area contributed by atoms with Gasteiger partial charge in [0, 0.05) is 18.2 Å². The lowest BCUT2D eigenvalue weighted by Crippen LogP contribution is -2.07. The molecule has 0 aliphatic rings. The molecule has 4 aromatic heterocycles. The Morgan fingerprint density at radius 3 is 2.86 bits per heavy atom. The number of hydrogen-bond donors (Lipinski definition) is 0. The van der Waals surface area contributed by atoms with Crippen LogP contribution in [0.1, 0.15) is 5.82 Å². The first-order chi connectivity index (χ1) is 14.2. The van der Waals surface area contributed by atoms with Crippen LogP contribution in [0.2, 0.25) is 0 Å². The zero-order valence-corrected chi connectivity index (χ0v) is 15.2. The van der Waals surface area contributed by atoms with Crippen molar-refractivity contribution in [2.24, 2.45) is 7.05 Å². The maximum atomic E-state index is 14.3. The highest BCUT2D eigenvalue weighted by atomic mass is 19.1. The Balaban J connectivity index is 1.64. The number of halogens is 1. The van der Waals surface area contributed by atoms with Crippen molar-refractivity contribution in [3.8, 4) is 22.7 Å². The van der Waals surface area contributed by atoms with E-state index in [-0.39, 0.29) is 12.3 Å². The van der Waals surface area contributed by atoms with Crippen molar-refractivity contribution in [1.82, 2.24) is 34.7 Å². The second kappa shape index (κ2) is 6.82. The number of nitrogens with zero attached hydrogens (tertiary/aromatic N) is 7. The normalized spacial score (nSPS) is 11.2. The quantitative estimate of drug-likeness (QED) is 0.454. The number of fused-ring (bicyclic) bond motifs is 1. The van der Waals surface area contributed by atoms with Gasteiger partial charge >= 0.3 is 0 Å². The predicted molar refractivity (Wildman–Crippen MR) is 99.7 cm³/mol. The van der Waals surface area contributed by atoms with Gasteiger partial charge < -0.3 is 9.15 Å². The van der Waals surface area contributed by atoms with Gasteiger partial charge in [0.1, 0.15) is 30.0 Å². The third-order valence-electron chi connectivity index (χ3n) is 4.45. The number of ether oxygens (including phenoxy) is 1. The van der Waals surface area contributed by atoms with Crippen molar-refractivity contribution in [3.63, 3.8) is 0 Å². The number of benzene rings is 1. The van der Waals surface area contributed by atoms with Crippen LogP contribution in [0.4, 0.5) is 4.39 Å². The van der Waals surface area contributed by atoms with E-state index in [0.29, 0.717) is 28.4 Å². The minimum absolute atomic E-state index is 0.154. The second-order valence-electron chi connectivity index (χ2n) is 6.24. The standard InChI is InChI=1S/C19H14FN7O2/c1-26-17(21-11-22-26)10-29-19-13(12-6-7-28-9-12)8-15-18(23-19)27(25-24-15)16-5-3-2-4-14(16)20/h2-9,11H,10H2,1H3. The van der Waals surface area contributed by atoms with Gasteiger partial charge in [-0.05, 0) is 24.3 Å². The molecule has 5 rings (SSSR count). The number of furan rings is 1. The van der Waals surface area contributed by atoms with Crippen molar-refractivity contribution in [2.75, 3.05) is 0 Å². The number of rotatable bonds is 5. The Kier molecular flexibility index (Phi) is 4.01. The second-order valence-corrected chi connectivity index (χ2v) is 6.24. The molecule has 0 fully saturated rings. The molecule has 0 bridgehead atoms. The molecule has 144 valence electrons. The molecule has 10 heteroatoms. The first-order valence-electron chi connectivity index (χ1n) is 8.70. The Bertz CT molecular complexity index is 1290. The fourth-order valence-electron chi connectivity index (χ4n) is 2.95. The van der Waals surface area contributed by atoms with Gasteiger partial charge in [-0.2, -0.15) is 14.8 Å². The number of para-hydroxylation sites is 1. The molecule has 0 atom stereocenters. The molecule has 0 saturated heterocycles. The van der Waals surface area contributed by atoms with E-state index in [1.54, 1.807) is 54.6 Å². The maximum absolute atomic E-state index is 14.3. The molecule has 0 N–H and O–H groups in total. The third kappa shape index (κ3) is 3.00. The summed E-state index contributed by atoms with van der Waals surface area (Å²) in [7, 11) is 1.77. The van der Waals surface area contributed by atoms with E-state index in [1.807, 2.05) is 0 Å². The van der Waals surface area contributed by atoms with E-state index in [0.717, 1.165) is 5.56 Å². The van der Waals surface area contributed by atoms with Gasteiger partial charge in [0.15, 0.2) is 11.5 Å². The predicted octanol–water partition coefficient (Wildman–Crippen LogP) is 2.92. The lowest BCUT2D eigenvalue weighted by Gasteiger charge is -2.10. The molecule has 4 heterocycles. The van der Waals surface area contributed by atoms with Crippen molar-refractivity contribution in [2.45, 2.75) is 6.61 Å². The molecule has 0 unspecified atom stereocenters. The van der Waals surface area contributed by atoms with E-state index in [2.05, 4.69) is 25.4 Å². The summed E-state index contributed by atoms with van der Waals surface area (Å²) in [6.07, 6.45) is 4.59. The molecule has 0 aliphatic heterocycles. The van der Waals surface area contributed by atoms with Crippen LogP contribution in [0.25, 0.3) is 28.0 Å². The Hall–Kier alpha value is -4.08. The van der Waals surface area contributed by atoms with Gasteiger partial charge in [-0.1, -0.05) is 17.3 Å². The first kappa shape index (κ1) is 17.0. The molecule has 0 amide bonds. The van der Waals surface area contributed by atoms with Crippen LogP contribution in [0.3, 0.4) is 0 Å². The highest BCUT2D eigenvalue weighted by Crippen LogP contribution is 2.32. The molecule has 5 aromatic rings. The van der Waals surface area contributed by atoms with E-state index in [4.69, 9.17) is 9.15 Å². The number of hydrogen-bond acceptors (Lipinski definition) is 7. The van der Waals surface area contributed by atoms with Crippen LogP contribution in [0, 0.1) is 5.82 Å². The minimum atomic E-state index is -0.429. The number of pyridine rings is 1. The van der Waals surface area contributed by atoms with E-state index >= 15 is 0 Å². The average Bonchev–Trinajstić information content (AvgIpc) is 3.47. The fraction of sp³-hybridized carbons (Fsp3) is 0.105. The SMILES string of the molecule is Cn1ncnc1COc1nc2c(cc1-c1ccoc1)nnn2-c1ccccc1F. The van der Waals surface area contributed by atoms with Gasteiger partial charge in [-0.15, -0.1) is 5.10 Å². The zero-order valence-electron chi connectivity index (χ0n) is 15.2. The van der Waals surface area contributed by atoms with Crippen LogP contribution >= 0.6 is 0 Å². The zero-order chi connectivity index (χ0) is 19.8. The van der Waals surface area contributed by atoms with Crippen molar-refractivity contribution in [3.05, 3.63) is 66.9 Å². The molecular formula is C19H14FN7O2. The summed E-state index contributed by atoms with van der Waals surface area (Å²) in [5, 5.41) is 12.2. The summed E-state index contributed by atoms with van der Waals surface area (Å²) in [6, 6.07) is 9.86. The molecule has 1 aromatic carbocycles. The van der Waals surface area contributed by atoms with Crippen molar-refractivity contribution >= 4 is 11.2 Å². The van der Waals surface area contributed by atoms with E-state index in [9.17, 15) is 4.39 Å². The van der Waals surface area contributed by atoms with Crippen molar-refractivity contribution < 1.29 is 13.5 Å². The van der Waals surface area contributed by atoms with Gasteiger partial charge in [0.05, 0.1) is 12.5 Å². The van der Waals surface area contributed by atoms with E-state index in [1.165, 1.54) is 17.1 Å². The first-order valence-corrected chi connectivity index (χ1v) is 8.70. The Morgan fingerprint density at radius 2 is 2.10 bits per heavy atom. The summed E-state index contributed by atoms with van der Waals surface area (Å²) in [5.41, 5.74) is 2.56. The van der Waals surface area contributed by atoms with Gasteiger partial charge in [0.2, 0.25) is 5.88 Å². The molecule has 0 spiro atoms. The average molecular weight is 391 g/mol. The Morgan fingerprint density at radius 1 is 1.21 bits per heavy atom. The number of aromatic nitrogens is 7. The monoisotopic (exact) mass is 391 g/mol. The summed E-state index contributed by atoms with van der Waals surface area (Å²) in [6.45, 7) is 0.154.